The summed E-state index contributed by atoms with van der Waals surface area (Å²) in [6, 6.07) is 0. The molecule has 1 aliphatic heterocycles. The Bertz CT molecular complexity index is 403. The van der Waals surface area contributed by atoms with Crippen LogP contribution in [0.1, 0.15) is 50.0 Å². The second-order valence-electron chi connectivity index (χ2n) is 4.74. The summed E-state index contributed by atoms with van der Waals surface area (Å²) in [5.41, 5.74) is 6.91. The molecular formula is C12H18BrN3O. The van der Waals surface area contributed by atoms with Crippen molar-refractivity contribution in [3.05, 3.63) is 16.0 Å². The highest BCUT2D eigenvalue weighted by molar-refractivity contribution is 9.10. The maximum atomic E-state index is 5.93. The Labute approximate surface area is 110 Å². The van der Waals surface area contributed by atoms with Crippen molar-refractivity contribution in [2.45, 2.75) is 38.5 Å². The molecule has 94 valence electrons. The van der Waals surface area contributed by atoms with Crippen LogP contribution in [0.3, 0.4) is 0 Å². The smallest absolute Gasteiger partial charge is 0.141 e. The fourth-order valence-electron chi connectivity index (χ4n) is 2.01. The summed E-state index contributed by atoms with van der Waals surface area (Å²) in [6.45, 7) is 5.76. The quantitative estimate of drug-likeness (QED) is 0.912. The van der Waals surface area contributed by atoms with Gasteiger partial charge in [0.1, 0.15) is 11.6 Å². The van der Waals surface area contributed by atoms with Gasteiger partial charge in [0.2, 0.25) is 0 Å². The predicted octanol–water partition coefficient (Wildman–Crippen LogP) is 2.84. The van der Waals surface area contributed by atoms with E-state index in [0.29, 0.717) is 18.3 Å². The molecule has 1 aromatic heterocycles. The Hall–Kier alpha value is -0.680. The standard InChI is InChI=1S/C12H18BrN3O/c1-7(2)10-9(13)11(14)16-12(15-10)8-4-3-5-17-6-8/h7-8H,3-6H2,1-2H3,(H2,14,15,16). The minimum atomic E-state index is 0.289. The fraction of sp³-hybridized carbons (Fsp3) is 0.667. The van der Waals surface area contributed by atoms with Crippen molar-refractivity contribution in [2.75, 3.05) is 18.9 Å². The van der Waals surface area contributed by atoms with Crippen molar-refractivity contribution in [3.63, 3.8) is 0 Å². The second-order valence-corrected chi connectivity index (χ2v) is 5.53. The van der Waals surface area contributed by atoms with Crippen molar-refractivity contribution in [2.24, 2.45) is 0 Å². The molecule has 17 heavy (non-hydrogen) atoms. The molecule has 0 aromatic carbocycles. The molecule has 1 atom stereocenters. The van der Waals surface area contributed by atoms with Gasteiger partial charge in [-0.1, -0.05) is 13.8 Å². The number of nitrogen functional groups attached to an aromatic ring is 1. The Morgan fingerprint density at radius 2 is 2.18 bits per heavy atom. The lowest BCUT2D eigenvalue weighted by molar-refractivity contribution is 0.0780. The Balaban J connectivity index is 2.34. The second kappa shape index (κ2) is 5.31. The molecule has 5 heteroatoms. The minimum Gasteiger partial charge on any atom is -0.383 e. The lowest BCUT2D eigenvalue weighted by Gasteiger charge is -2.22. The monoisotopic (exact) mass is 299 g/mol. The van der Waals surface area contributed by atoms with Crippen LogP contribution >= 0.6 is 15.9 Å². The van der Waals surface area contributed by atoms with Gasteiger partial charge in [-0.25, -0.2) is 9.97 Å². The number of aromatic nitrogens is 2. The number of rotatable bonds is 2. The van der Waals surface area contributed by atoms with E-state index in [4.69, 9.17) is 10.5 Å². The third-order valence-electron chi connectivity index (χ3n) is 2.99. The number of hydrogen-bond donors (Lipinski definition) is 1. The van der Waals surface area contributed by atoms with Gasteiger partial charge in [-0.15, -0.1) is 0 Å². The zero-order chi connectivity index (χ0) is 12.4. The first-order chi connectivity index (χ1) is 8.09. The number of hydrogen-bond acceptors (Lipinski definition) is 4. The average molecular weight is 300 g/mol. The maximum Gasteiger partial charge on any atom is 0.141 e. The van der Waals surface area contributed by atoms with E-state index in [0.717, 1.165) is 35.4 Å². The van der Waals surface area contributed by atoms with Crippen LogP contribution in [0.25, 0.3) is 0 Å². The molecule has 0 spiro atoms. The number of halogens is 1. The molecule has 0 radical (unpaired) electrons. The highest BCUT2D eigenvalue weighted by Gasteiger charge is 2.22. The van der Waals surface area contributed by atoms with Crippen LogP contribution in [-0.4, -0.2) is 23.2 Å². The molecule has 1 aromatic rings. The molecule has 2 rings (SSSR count). The lowest BCUT2D eigenvalue weighted by Crippen LogP contribution is -2.19. The molecule has 4 nitrogen and oxygen atoms in total. The van der Waals surface area contributed by atoms with Crippen LogP contribution in [0.5, 0.6) is 0 Å². The van der Waals surface area contributed by atoms with Gasteiger partial charge in [-0.3, -0.25) is 0 Å². The molecule has 2 N–H and O–H groups in total. The molecule has 0 aliphatic carbocycles. The lowest BCUT2D eigenvalue weighted by atomic mass is 10.0. The normalized spacial score (nSPS) is 20.8. The summed E-state index contributed by atoms with van der Waals surface area (Å²) in [7, 11) is 0. The van der Waals surface area contributed by atoms with Gasteiger partial charge in [0.05, 0.1) is 16.8 Å². The van der Waals surface area contributed by atoms with Crippen LogP contribution < -0.4 is 5.73 Å². The van der Waals surface area contributed by atoms with Crippen LogP contribution in [0.15, 0.2) is 4.47 Å². The van der Waals surface area contributed by atoms with Crippen molar-refractivity contribution in [1.82, 2.24) is 9.97 Å². The summed E-state index contributed by atoms with van der Waals surface area (Å²) in [6.07, 6.45) is 2.15. The number of ether oxygens (including phenoxy) is 1. The SMILES string of the molecule is CC(C)c1nc(C2CCCOC2)nc(N)c1Br. The number of nitrogens with zero attached hydrogens (tertiary/aromatic N) is 2. The van der Waals surface area contributed by atoms with Crippen molar-refractivity contribution in [1.29, 1.82) is 0 Å². The van der Waals surface area contributed by atoms with Gasteiger partial charge in [0.15, 0.2) is 0 Å². The molecule has 0 bridgehead atoms. The Morgan fingerprint density at radius 1 is 1.41 bits per heavy atom. The van der Waals surface area contributed by atoms with Crippen molar-refractivity contribution in [3.8, 4) is 0 Å². The summed E-state index contributed by atoms with van der Waals surface area (Å²) in [5.74, 6) is 1.98. The first-order valence-corrected chi connectivity index (χ1v) is 6.79. The number of anilines is 1. The molecule has 0 amide bonds. The van der Waals surface area contributed by atoms with Gasteiger partial charge >= 0.3 is 0 Å². The van der Waals surface area contributed by atoms with E-state index in [-0.39, 0.29) is 5.92 Å². The van der Waals surface area contributed by atoms with Gasteiger partial charge in [-0.2, -0.15) is 0 Å². The minimum absolute atomic E-state index is 0.289. The highest BCUT2D eigenvalue weighted by atomic mass is 79.9. The van der Waals surface area contributed by atoms with E-state index in [9.17, 15) is 0 Å². The van der Waals surface area contributed by atoms with Crippen LogP contribution in [-0.2, 0) is 4.74 Å². The van der Waals surface area contributed by atoms with Crippen LogP contribution in [0.4, 0.5) is 5.82 Å². The Kier molecular flexibility index (Phi) is 3.99. The average Bonchev–Trinajstić information content (AvgIpc) is 2.33. The van der Waals surface area contributed by atoms with Gasteiger partial charge < -0.3 is 10.5 Å². The Morgan fingerprint density at radius 3 is 2.76 bits per heavy atom. The highest BCUT2D eigenvalue weighted by Crippen LogP contribution is 2.30. The van der Waals surface area contributed by atoms with E-state index in [1.807, 2.05) is 0 Å². The van der Waals surface area contributed by atoms with Crippen LogP contribution in [0.2, 0.25) is 0 Å². The fourth-order valence-corrected chi connectivity index (χ4v) is 2.65. The largest absolute Gasteiger partial charge is 0.383 e. The summed E-state index contributed by atoms with van der Waals surface area (Å²) in [4.78, 5) is 9.02. The van der Waals surface area contributed by atoms with E-state index < -0.39 is 0 Å². The van der Waals surface area contributed by atoms with Gasteiger partial charge in [0.25, 0.3) is 0 Å². The molecule has 1 aliphatic rings. The van der Waals surface area contributed by atoms with E-state index in [2.05, 4.69) is 39.7 Å². The maximum absolute atomic E-state index is 5.93. The molecule has 0 saturated carbocycles. The summed E-state index contributed by atoms with van der Waals surface area (Å²) < 4.78 is 6.30. The molecule has 1 unspecified atom stereocenters. The van der Waals surface area contributed by atoms with Crippen molar-refractivity contribution < 1.29 is 4.74 Å². The summed E-state index contributed by atoms with van der Waals surface area (Å²) >= 11 is 3.46. The first kappa shape index (κ1) is 12.8. The van der Waals surface area contributed by atoms with E-state index >= 15 is 0 Å². The molecule has 1 fully saturated rings. The third-order valence-corrected chi connectivity index (χ3v) is 3.80. The zero-order valence-electron chi connectivity index (χ0n) is 10.2. The topological polar surface area (TPSA) is 61.0 Å². The molecule has 1 saturated heterocycles. The first-order valence-electron chi connectivity index (χ1n) is 6.00. The van der Waals surface area contributed by atoms with Gasteiger partial charge in [-0.05, 0) is 34.7 Å². The third kappa shape index (κ3) is 2.77. The van der Waals surface area contributed by atoms with Crippen molar-refractivity contribution >= 4 is 21.7 Å². The van der Waals surface area contributed by atoms with Crippen LogP contribution in [0, 0.1) is 0 Å². The molecular weight excluding hydrogens is 282 g/mol. The zero-order valence-corrected chi connectivity index (χ0v) is 11.8. The van der Waals surface area contributed by atoms with E-state index in [1.165, 1.54) is 0 Å². The van der Waals surface area contributed by atoms with E-state index in [1.54, 1.807) is 0 Å². The number of nitrogens with two attached hydrogens (primary N) is 1. The molecule has 2 heterocycles. The summed E-state index contributed by atoms with van der Waals surface area (Å²) in [5, 5.41) is 0. The predicted molar refractivity (Wildman–Crippen MR) is 71.0 cm³/mol. The van der Waals surface area contributed by atoms with Gasteiger partial charge in [0, 0.05) is 12.5 Å².